The van der Waals surface area contributed by atoms with Gasteiger partial charge in [0.15, 0.2) is 0 Å². The summed E-state index contributed by atoms with van der Waals surface area (Å²) in [6, 6.07) is 2.08. The van der Waals surface area contributed by atoms with Crippen molar-refractivity contribution < 1.29 is 0 Å². The number of anilines is 2. The van der Waals surface area contributed by atoms with Crippen LogP contribution in [0.25, 0.3) is 0 Å². The molecule has 1 aliphatic rings. The van der Waals surface area contributed by atoms with E-state index in [2.05, 4.69) is 32.4 Å². The predicted octanol–water partition coefficient (Wildman–Crippen LogP) is 2.48. The SMILES string of the molecule is C=C(C)CN(C)c1cc(N2CCCCC2)ncn1. The topological polar surface area (TPSA) is 32.3 Å². The number of likely N-dealkylation sites (N-methyl/N-ethyl adjacent to an activating group) is 1. The number of hydrogen-bond donors (Lipinski definition) is 0. The Labute approximate surface area is 109 Å². The van der Waals surface area contributed by atoms with Gasteiger partial charge in [-0.2, -0.15) is 0 Å². The van der Waals surface area contributed by atoms with E-state index in [1.54, 1.807) is 6.33 Å². The van der Waals surface area contributed by atoms with E-state index in [1.165, 1.54) is 19.3 Å². The van der Waals surface area contributed by atoms with Gasteiger partial charge in [-0.15, -0.1) is 0 Å². The Hall–Kier alpha value is -1.58. The minimum Gasteiger partial charge on any atom is -0.356 e. The van der Waals surface area contributed by atoms with Crippen LogP contribution in [-0.4, -0.2) is 36.6 Å². The number of aromatic nitrogens is 2. The summed E-state index contributed by atoms with van der Waals surface area (Å²) < 4.78 is 0. The third kappa shape index (κ3) is 3.22. The first kappa shape index (κ1) is 12.9. The fraction of sp³-hybridized carbons (Fsp3) is 0.571. The highest BCUT2D eigenvalue weighted by Crippen LogP contribution is 2.20. The van der Waals surface area contributed by atoms with Gasteiger partial charge >= 0.3 is 0 Å². The van der Waals surface area contributed by atoms with Crippen LogP contribution in [-0.2, 0) is 0 Å². The summed E-state index contributed by atoms with van der Waals surface area (Å²) in [7, 11) is 2.04. The maximum atomic E-state index is 4.39. The molecule has 2 heterocycles. The summed E-state index contributed by atoms with van der Waals surface area (Å²) >= 11 is 0. The summed E-state index contributed by atoms with van der Waals surface area (Å²) in [6.45, 7) is 9.02. The largest absolute Gasteiger partial charge is 0.356 e. The third-order valence-corrected chi connectivity index (χ3v) is 3.22. The highest BCUT2D eigenvalue weighted by atomic mass is 15.2. The second-order valence-electron chi connectivity index (χ2n) is 5.10. The van der Waals surface area contributed by atoms with Crippen LogP contribution < -0.4 is 9.80 Å². The first-order chi connectivity index (χ1) is 8.66. The molecule has 2 rings (SSSR count). The van der Waals surface area contributed by atoms with Crippen LogP contribution in [0, 0.1) is 0 Å². The normalized spacial score (nSPS) is 15.6. The Kier molecular flexibility index (Phi) is 4.18. The molecular formula is C14H22N4. The smallest absolute Gasteiger partial charge is 0.134 e. The van der Waals surface area contributed by atoms with Crippen molar-refractivity contribution in [2.75, 3.05) is 36.5 Å². The highest BCUT2D eigenvalue weighted by Gasteiger charge is 2.13. The van der Waals surface area contributed by atoms with Crippen LogP contribution in [0.15, 0.2) is 24.5 Å². The summed E-state index contributed by atoms with van der Waals surface area (Å²) in [4.78, 5) is 13.2. The van der Waals surface area contributed by atoms with Crippen molar-refractivity contribution in [3.05, 3.63) is 24.5 Å². The van der Waals surface area contributed by atoms with E-state index >= 15 is 0 Å². The number of rotatable bonds is 4. The Morgan fingerprint density at radius 2 is 2.06 bits per heavy atom. The average Bonchev–Trinajstić information content (AvgIpc) is 2.39. The molecule has 1 fully saturated rings. The van der Waals surface area contributed by atoms with E-state index in [1.807, 2.05) is 14.0 Å². The van der Waals surface area contributed by atoms with E-state index in [-0.39, 0.29) is 0 Å². The third-order valence-electron chi connectivity index (χ3n) is 3.22. The zero-order valence-corrected chi connectivity index (χ0v) is 11.4. The quantitative estimate of drug-likeness (QED) is 0.764. The fourth-order valence-corrected chi connectivity index (χ4v) is 2.33. The minimum absolute atomic E-state index is 0.830. The molecule has 0 aromatic carbocycles. The highest BCUT2D eigenvalue weighted by molar-refractivity contribution is 5.50. The molecule has 0 aliphatic carbocycles. The van der Waals surface area contributed by atoms with Crippen molar-refractivity contribution in [2.24, 2.45) is 0 Å². The molecule has 1 aliphatic heterocycles. The van der Waals surface area contributed by atoms with E-state index in [4.69, 9.17) is 0 Å². The maximum Gasteiger partial charge on any atom is 0.134 e. The average molecular weight is 246 g/mol. The fourth-order valence-electron chi connectivity index (χ4n) is 2.33. The van der Waals surface area contributed by atoms with Crippen LogP contribution in [0.1, 0.15) is 26.2 Å². The zero-order valence-electron chi connectivity index (χ0n) is 11.4. The minimum atomic E-state index is 0.830. The maximum absolute atomic E-state index is 4.39. The summed E-state index contributed by atoms with van der Waals surface area (Å²) in [5.74, 6) is 2.02. The molecule has 0 atom stereocenters. The first-order valence-corrected chi connectivity index (χ1v) is 6.59. The number of nitrogens with zero attached hydrogens (tertiary/aromatic N) is 4. The molecule has 0 spiro atoms. The molecule has 0 N–H and O–H groups in total. The van der Waals surface area contributed by atoms with Crippen molar-refractivity contribution >= 4 is 11.6 Å². The van der Waals surface area contributed by atoms with Gasteiger partial charge in [0.25, 0.3) is 0 Å². The second kappa shape index (κ2) is 5.85. The molecule has 0 radical (unpaired) electrons. The van der Waals surface area contributed by atoms with Crippen LogP contribution >= 0.6 is 0 Å². The lowest BCUT2D eigenvalue weighted by molar-refractivity contribution is 0.573. The van der Waals surface area contributed by atoms with Crippen LogP contribution in [0.3, 0.4) is 0 Å². The van der Waals surface area contributed by atoms with Crippen molar-refractivity contribution in [3.63, 3.8) is 0 Å². The molecule has 0 bridgehead atoms. The lowest BCUT2D eigenvalue weighted by atomic mass is 10.1. The molecule has 4 heteroatoms. The molecular weight excluding hydrogens is 224 g/mol. The van der Waals surface area contributed by atoms with Gasteiger partial charge in [0.05, 0.1) is 0 Å². The van der Waals surface area contributed by atoms with Gasteiger partial charge in [-0.3, -0.25) is 0 Å². The molecule has 18 heavy (non-hydrogen) atoms. The van der Waals surface area contributed by atoms with Crippen molar-refractivity contribution in [1.82, 2.24) is 9.97 Å². The predicted molar refractivity (Wildman–Crippen MR) is 76.2 cm³/mol. The van der Waals surface area contributed by atoms with Crippen LogP contribution in [0.5, 0.6) is 0 Å². The van der Waals surface area contributed by atoms with E-state index in [0.717, 1.165) is 36.8 Å². The Morgan fingerprint density at radius 1 is 1.33 bits per heavy atom. The summed E-state index contributed by atoms with van der Waals surface area (Å²) in [5.41, 5.74) is 1.13. The molecule has 1 aromatic rings. The first-order valence-electron chi connectivity index (χ1n) is 6.59. The molecule has 0 amide bonds. The Balaban J connectivity index is 2.11. The molecule has 0 unspecified atom stereocenters. The molecule has 4 nitrogen and oxygen atoms in total. The van der Waals surface area contributed by atoms with Gasteiger partial charge in [-0.05, 0) is 26.2 Å². The Morgan fingerprint density at radius 3 is 2.72 bits per heavy atom. The van der Waals surface area contributed by atoms with E-state index in [0.29, 0.717) is 0 Å². The second-order valence-corrected chi connectivity index (χ2v) is 5.10. The molecule has 1 aromatic heterocycles. The number of hydrogen-bond acceptors (Lipinski definition) is 4. The van der Waals surface area contributed by atoms with Gasteiger partial charge < -0.3 is 9.80 Å². The standard InChI is InChI=1S/C14H22N4/c1-12(2)10-17(3)13-9-14(16-11-15-13)18-7-5-4-6-8-18/h9,11H,1,4-8,10H2,2-3H3. The molecule has 98 valence electrons. The number of piperidine rings is 1. The Bertz CT molecular complexity index is 410. The van der Waals surface area contributed by atoms with Gasteiger partial charge in [-0.1, -0.05) is 12.2 Å². The van der Waals surface area contributed by atoms with Crippen molar-refractivity contribution in [1.29, 1.82) is 0 Å². The summed E-state index contributed by atoms with van der Waals surface area (Å²) in [6.07, 6.45) is 5.53. The van der Waals surface area contributed by atoms with E-state index < -0.39 is 0 Å². The van der Waals surface area contributed by atoms with Gasteiger partial charge in [0, 0.05) is 32.7 Å². The monoisotopic (exact) mass is 246 g/mol. The van der Waals surface area contributed by atoms with Gasteiger partial charge in [0.2, 0.25) is 0 Å². The van der Waals surface area contributed by atoms with Crippen molar-refractivity contribution in [2.45, 2.75) is 26.2 Å². The van der Waals surface area contributed by atoms with Gasteiger partial charge in [-0.25, -0.2) is 9.97 Å². The summed E-state index contributed by atoms with van der Waals surface area (Å²) in [5, 5.41) is 0. The van der Waals surface area contributed by atoms with Crippen molar-refractivity contribution in [3.8, 4) is 0 Å². The zero-order chi connectivity index (χ0) is 13.0. The van der Waals surface area contributed by atoms with Crippen LogP contribution in [0.4, 0.5) is 11.6 Å². The molecule has 1 saturated heterocycles. The lowest BCUT2D eigenvalue weighted by Crippen LogP contribution is -2.30. The molecule has 0 saturated carbocycles. The van der Waals surface area contributed by atoms with E-state index in [9.17, 15) is 0 Å². The van der Waals surface area contributed by atoms with Crippen LogP contribution in [0.2, 0.25) is 0 Å². The van der Waals surface area contributed by atoms with Gasteiger partial charge in [0.1, 0.15) is 18.0 Å². The lowest BCUT2D eigenvalue weighted by Gasteiger charge is -2.28.